The average molecular weight is 261 g/mol. The fourth-order valence-electron chi connectivity index (χ4n) is 1.67. The van der Waals surface area contributed by atoms with Crippen LogP contribution < -0.4 is 16.4 Å². The molecule has 4 N–H and O–H groups in total. The van der Waals surface area contributed by atoms with E-state index in [4.69, 9.17) is 5.73 Å². The molecule has 1 aromatic rings. The summed E-state index contributed by atoms with van der Waals surface area (Å²) in [5.41, 5.74) is 6.97. The second-order valence-electron chi connectivity index (χ2n) is 4.95. The molecule has 1 aliphatic carbocycles. The molecule has 1 atom stereocenters. The lowest BCUT2D eigenvalue weighted by molar-refractivity contribution is -0.122. The fraction of sp³-hybridized carbons (Fsp3) is 0.429. The summed E-state index contributed by atoms with van der Waals surface area (Å²) >= 11 is 0. The van der Waals surface area contributed by atoms with Crippen molar-refractivity contribution in [2.45, 2.75) is 38.4 Å². The van der Waals surface area contributed by atoms with E-state index in [1.807, 2.05) is 12.1 Å². The van der Waals surface area contributed by atoms with Gasteiger partial charge in [-0.2, -0.15) is 0 Å². The normalized spacial score (nSPS) is 15.7. The molecule has 0 aromatic heterocycles. The van der Waals surface area contributed by atoms with Gasteiger partial charge in [0.2, 0.25) is 5.91 Å². The van der Waals surface area contributed by atoms with Crippen LogP contribution in [0.1, 0.15) is 35.7 Å². The lowest BCUT2D eigenvalue weighted by atomic mass is 10.1. The SMILES string of the molecule is C[C@@H](N)C(=O)NCc1cccc(C(=O)NC2CC2)c1. The van der Waals surface area contributed by atoms with Gasteiger partial charge in [0.05, 0.1) is 6.04 Å². The number of rotatable bonds is 5. The minimum Gasteiger partial charge on any atom is -0.351 e. The highest BCUT2D eigenvalue weighted by Gasteiger charge is 2.23. The number of amides is 2. The van der Waals surface area contributed by atoms with Gasteiger partial charge in [-0.1, -0.05) is 12.1 Å². The first-order chi connectivity index (χ1) is 9.06. The summed E-state index contributed by atoms with van der Waals surface area (Å²) < 4.78 is 0. The van der Waals surface area contributed by atoms with Gasteiger partial charge < -0.3 is 16.4 Å². The number of hydrogen-bond acceptors (Lipinski definition) is 3. The molecule has 0 spiro atoms. The average Bonchev–Trinajstić information content (AvgIpc) is 3.20. The number of nitrogens with one attached hydrogen (secondary N) is 2. The van der Waals surface area contributed by atoms with Crippen molar-refractivity contribution >= 4 is 11.8 Å². The minimum absolute atomic E-state index is 0.0529. The predicted octanol–water partition coefficient (Wildman–Crippen LogP) is 0.542. The van der Waals surface area contributed by atoms with Gasteiger partial charge in [0.1, 0.15) is 0 Å². The van der Waals surface area contributed by atoms with Crippen molar-refractivity contribution in [1.29, 1.82) is 0 Å². The lowest BCUT2D eigenvalue weighted by Crippen LogP contribution is -2.37. The molecule has 5 nitrogen and oxygen atoms in total. The van der Waals surface area contributed by atoms with E-state index >= 15 is 0 Å². The summed E-state index contributed by atoms with van der Waals surface area (Å²) in [5.74, 6) is -0.254. The Bertz CT molecular complexity index is 481. The molecule has 0 aliphatic heterocycles. The van der Waals surface area contributed by atoms with E-state index in [0.717, 1.165) is 18.4 Å². The Morgan fingerprint density at radius 1 is 1.42 bits per heavy atom. The number of carbonyl (C=O) groups is 2. The molecule has 0 bridgehead atoms. The van der Waals surface area contributed by atoms with Crippen LogP contribution in [0.5, 0.6) is 0 Å². The Balaban J connectivity index is 1.94. The third kappa shape index (κ3) is 4.06. The first-order valence-corrected chi connectivity index (χ1v) is 6.49. The van der Waals surface area contributed by atoms with Crippen LogP contribution in [-0.4, -0.2) is 23.9 Å². The van der Waals surface area contributed by atoms with Crippen LogP contribution in [0, 0.1) is 0 Å². The Morgan fingerprint density at radius 3 is 2.79 bits per heavy atom. The summed E-state index contributed by atoms with van der Waals surface area (Å²) in [6.07, 6.45) is 2.13. The Morgan fingerprint density at radius 2 is 2.16 bits per heavy atom. The number of nitrogens with two attached hydrogens (primary N) is 1. The molecule has 1 fully saturated rings. The third-order valence-corrected chi connectivity index (χ3v) is 2.98. The van der Waals surface area contributed by atoms with Gasteiger partial charge in [-0.15, -0.1) is 0 Å². The zero-order chi connectivity index (χ0) is 13.8. The van der Waals surface area contributed by atoms with Crippen molar-refractivity contribution in [3.8, 4) is 0 Å². The van der Waals surface area contributed by atoms with Crippen molar-refractivity contribution in [2.24, 2.45) is 5.73 Å². The maximum Gasteiger partial charge on any atom is 0.251 e. The van der Waals surface area contributed by atoms with E-state index in [0.29, 0.717) is 18.2 Å². The summed E-state index contributed by atoms with van der Waals surface area (Å²) in [6.45, 7) is 2.01. The van der Waals surface area contributed by atoms with Crippen molar-refractivity contribution in [3.63, 3.8) is 0 Å². The highest BCUT2D eigenvalue weighted by molar-refractivity contribution is 5.94. The van der Waals surface area contributed by atoms with Gasteiger partial charge in [0.25, 0.3) is 5.91 Å². The number of carbonyl (C=O) groups excluding carboxylic acids is 2. The van der Waals surface area contributed by atoms with E-state index in [-0.39, 0.29) is 11.8 Å². The predicted molar refractivity (Wildman–Crippen MR) is 72.4 cm³/mol. The smallest absolute Gasteiger partial charge is 0.251 e. The standard InChI is InChI=1S/C14H19N3O2/c1-9(15)13(18)16-8-10-3-2-4-11(7-10)14(19)17-12-5-6-12/h2-4,7,9,12H,5-6,8,15H2,1H3,(H,16,18)(H,17,19)/t9-/m1/s1. The van der Waals surface area contributed by atoms with Crippen LogP contribution in [0.3, 0.4) is 0 Å². The topological polar surface area (TPSA) is 84.2 Å². The van der Waals surface area contributed by atoms with Crippen LogP contribution in [0.25, 0.3) is 0 Å². The van der Waals surface area contributed by atoms with Gasteiger partial charge >= 0.3 is 0 Å². The monoisotopic (exact) mass is 261 g/mol. The third-order valence-electron chi connectivity index (χ3n) is 2.98. The second-order valence-corrected chi connectivity index (χ2v) is 4.95. The molecule has 2 amide bonds. The van der Waals surface area contributed by atoms with Gasteiger partial charge in [-0.25, -0.2) is 0 Å². The molecular weight excluding hydrogens is 242 g/mol. The quantitative estimate of drug-likeness (QED) is 0.723. The van der Waals surface area contributed by atoms with Crippen molar-refractivity contribution in [2.75, 3.05) is 0 Å². The van der Waals surface area contributed by atoms with Crippen LogP contribution in [-0.2, 0) is 11.3 Å². The summed E-state index contributed by atoms with van der Waals surface area (Å²) in [6, 6.07) is 7.06. The highest BCUT2D eigenvalue weighted by Crippen LogP contribution is 2.19. The maximum absolute atomic E-state index is 11.9. The summed E-state index contributed by atoms with van der Waals surface area (Å²) in [5, 5.41) is 5.66. The number of hydrogen-bond donors (Lipinski definition) is 3. The molecule has 2 rings (SSSR count). The molecule has 0 heterocycles. The molecule has 102 valence electrons. The van der Waals surface area contributed by atoms with Crippen LogP contribution in [0.2, 0.25) is 0 Å². The van der Waals surface area contributed by atoms with E-state index in [2.05, 4.69) is 10.6 Å². The fourth-order valence-corrected chi connectivity index (χ4v) is 1.67. The number of benzene rings is 1. The van der Waals surface area contributed by atoms with Gasteiger partial charge in [0.15, 0.2) is 0 Å². The molecule has 1 saturated carbocycles. The van der Waals surface area contributed by atoms with Crippen LogP contribution >= 0.6 is 0 Å². The summed E-state index contributed by atoms with van der Waals surface area (Å²) in [7, 11) is 0. The molecule has 1 aromatic carbocycles. The molecule has 0 radical (unpaired) electrons. The molecule has 5 heteroatoms. The Labute approximate surface area is 112 Å². The van der Waals surface area contributed by atoms with E-state index in [1.165, 1.54) is 0 Å². The van der Waals surface area contributed by atoms with Crippen molar-refractivity contribution < 1.29 is 9.59 Å². The molecule has 19 heavy (non-hydrogen) atoms. The van der Waals surface area contributed by atoms with Crippen molar-refractivity contribution in [1.82, 2.24) is 10.6 Å². The zero-order valence-corrected chi connectivity index (χ0v) is 11.0. The minimum atomic E-state index is -0.527. The largest absolute Gasteiger partial charge is 0.351 e. The van der Waals surface area contributed by atoms with Gasteiger partial charge in [-0.3, -0.25) is 9.59 Å². The summed E-state index contributed by atoms with van der Waals surface area (Å²) in [4.78, 5) is 23.2. The maximum atomic E-state index is 11.9. The van der Waals surface area contributed by atoms with Crippen LogP contribution in [0.4, 0.5) is 0 Å². The highest BCUT2D eigenvalue weighted by atomic mass is 16.2. The van der Waals surface area contributed by atoms with Crippen molar-refractivity contribution in [3.05, 3.63) is 35.4 Å². The van der Waals surface area contributed by atoms with Crippen LogP contribution in [0.15, 0.2) is 24.3 Å². The zero-order valence-electron chi connectivity index (χ0n) is 11.0. The first-order valence-electron chi connectivity index (χ1n) is 6.49. The lowest BCUT2D eigenvalue weighted by Gasteiger charge is -2.09. The van der Waals surface area contributed by atoms with E-state index < -0.39 is 6.04 Å². The second kappa shape index (κ2) is 5.84. The molecular formula is C14H19N3O2. The Hall–Kier alpha value is -1.88. The Kier molecular flexibility index (Phi) is 4.16. The first kappa shape index (κ1) is 13.5. The molecule has 0 saturated heterocycles. The molecule has 0 unspecified atom stereocenters. The van der Waals surface area contributed by atoms with E-state index in [9.17, 15) is 9.59 Å². The van der Waals surface area contributed by atoms with Gasteiger partial charge in [-0.05, 0) is 37.5 Å². The molecule has 1 aliphatic rings. The van der Waals surface area contributed by atoms with Gasteiger partial charge in [0, 0.05) is 18.2 Å². The van der Waals surface area contributed by atoms with E-state index in [1.54, 1.807) is 19.1 Å².